The van der Waals surface area contributed by atoms with Gasteiger partial charge in [0.25, 0.3) is 0 Å². The summed E-state index contributed by atoms with van der Waals surface area (Å²) in [7, 11) is 0. The van der Waals surface area contributed by atoms with Gasteiger partial charge in [0.15, 0.2) is 0 Å². The number of fused-ring (bicyclic) bond motifs is 1. The Hall–Kier alpha value is -1.74. The fraction of sp³-hybridized carbons (Fsp3) is 0.154. The van der Waals surface area contributed by atoms with Gasteiger partial charge in [0.2, 0.25) is 5.91 Å². The average molecular weight is 248 g/mol. The summed E-state index contributed by atoms with van der Waals surface area (Å²) >= 11 is 6.22. The van der Waals surface area contributed by atoms with Gasteiger partial charge in [-0.3, -0.25) is 4.79 Å². The Labute approximate surface area is 103 Å². The molecule has 1 amide bonds. The minimum Gasteiger partial charge on any atom is -0.455 e. The third-order valence-corrected chi connectivity index (χ3v) is 3.21. The molecule has 3 rings (SSSR count). The van der Waals surface area contributed by atoms with E-state index >= 15 is 0 Å². The van der Waals surface area contributed by atoms with Gasteiger partial charge in [-0.25, -0.2) is 0 Å². The molecule has 1 aliphatic heterocycles. The summed E-state index contributed by atoms with van der Waals surface area (Å²) in [6.07, 6.45) is 1.14. The van der Waals surface area contributed by atoms with E-state index in [1.807, 2.05) is 30.3 Å². The van der Waals surface area contributed by atoms with Crippen molar-refractivity contribution < 1.29 is 9.21 Å². The molecule has 1 saturated heterocycles. The number of allylic oxidation sites excluding steroid dienone is 1. The van der Waals surface area contributed by atoms with Crippen LogP contribution in [0.2, 0.25) is 0 Å². The molecule has 1 aromatic carbocycles. The number of halogens is 1. The molecule has 2 heterocycles. The van der Waals surface area contributed by atoms with Gasteiger partial charge in [-0.2, -0.15) is 0 Å². The minimum absolute atomic E-state index is 0.00858. The Morgan fingerprint density at radius 2 is 2.12 bits per heavy atom. The maximum Gasteiger partial charge on any atom is 0.224 e. The minimum atomic E-state index is 0.00858. The highest BCUT2D eigenvalue weighted by Crippen LogP contribution is 2.31. The predicted molar refractivity (Wildman–Crippen MR) is 66.4 cm³/mol. The first-order valence-corrected chi connectivity index (χ1v) is 5.79. The number of para-hydroxylation sites is 1. The Morgan fingerprint density at radius 3 is 2.82 bits per heavy atom. The van der Waals surface area contributed by atoms with E-state index < -0.39 is 0 Å². The molecule has 86 valence electrons. The number of amides is 1. The Kier molecular flexibility index (Phi) is 2.41. The van der Waals surface area contributed by atoms with Gasteiger partial charge in [0, 0.05) is 17.5 Å². The lowest BCUT2D eigenvalue weighted by Crippen LogP contribution is -2.12. The highest BCUT2D eigenvalue weighted by Gasteiger charge is 2.20. The summed E-state index contributed by atoms with van der Waals surface area (Å²) < 4.78 is 5.64. The molecule has 0 spiro atoms. The van der Waals surface area contributed by atoms with Crippen LogP contribution in [-0.2, 0) is 4.79 Å². The molecule has 0 unspecified atom stereocenters. The smallest absolute Gasteiger partial charge is 0.224 e. The molecule has 0 saturated carbocycles. The number of hydrogen-bond donors (Lipinski definition) is 1. The second-order valence-electron chi connectivity index (χ2n) is 3.99. The van der Waals surface area contributed by atoms with Crippen molar-refractivity contribution in [2.24, 2.45) is 0 Å². The van der Waals surface area contributed by atoms with Crippen LogP contribution < -0.4 is 5.32 Å². The Balaban J connectivity index is 2.06. The zero-order valence-electron chi connectivity index (χ0n) is 9.00. The lowest BCUT2D eigenvalue weighted by molar-refractivity contribution is -0.118. The quantitative estimate of drug-likeness (QED) is 0.841. The van der Waals surface area contributed by atoms with Crippen molar-refractivity contribution in [1.82, 2.24) is 5.32 Å². The Bertz CT molecular complexity index is 594. The molecule has 2 aromatic rings. The molecular formula is C13H10ClNO2. The van der Waals surface area contributed by atoms with Gasteiger partial charge in [-0.05, 0) is 18.6 Å². The topological polar surface area (TPSA) is 42.2 Å². The van der Waals surface area contributed by atoms with Crippen molar-refractivity contribution in [3.63, 3.8) is 0 Å². The van der Waals surface area contributed by atoms with E-state index in [9.17, 15) is 4.79 Å². The second kappa shape index (κ2) is 3.93. The molecule has 0 radical (unpaired) electrons. The number of nitrogens with one attached hydrogen (secondary N) is 1. The lowest BCUT2D eigenvalue weighted by atomic mass is 10.2. The molecule has 1 fully saturated rings. The largest absolute Gasteiger partial charge is 0.455 e. The van der Waals surface area contributed by atoms with Crippen molar-refractivity contribution in [2.75, 3.05) is 0 Å². The number of furan rings is 1. The van der Waals surface area contributed by atoms with Gasteiger partial charge in [-0.15, -0.1) is 0 Å². The van der Waals surface area contributed by atoms with Crippen LogP contribution in [0.15, 0.2) is 40.4 Å². The van der Waals surface area contributed by atoms with Gasteiger partial charge in [0.05, 0.1) is 0 Å². The SMILES string of the molecule is O=C1CC/C(=C(/Cl)c2cc3ccccc3o2)N1. The van der Waals surface area contributed by atoms with Crippen LogP contribution in [0.5, 0.6) is 0 Å². The summed E-state index contributed by atoms with van der Waals surface area (Å²) in [5.41, 5.74) is 1.54. The maximum absolute atomic E-state index is 11.1. The average Bonchev–Trinajstić information content (AvgIpc) is 2.93. The molecule has 0 atom stereocenters. The highest BCUT2D eigenvalue weighted by atomic mass is 35.5. The van der Waals surface area contributed by atoms with Gasteiger partial charge >= 0.3 is 0 Å². The summed E-state index contributed by atoms with van der Waals surface area (Å²) in [4.78, 5) is 11.1. The van der Waals surface area contributed by atoms with Crippen molar-refractivity contribution in [2.45, 2.75) is 12.8 Å². The molecular weight excluding hydrogens is 238 g/mol. The summed E-state index contributed by atoms with van der Waals surface area (Å²) in [5.74, 6) is 0.610. The van der Waals surface area contributed by atoms with E-state index in [1.165, 1.54) is 0 Å². The summed E-state index contributed by atoms with van der Waals surface area (Å²) in [5, 5.41) is 4.24. The molecule has 0 aliphatic carbocycles. The first kappa shape index (κ1) is 10.4. The fourth-order valence-electron chi connectivity index (χ4n) is 1.94. The van der Waals surface area contributed by atoms with Gasteiger partial charge in [0.1, 0.15) is 16.4 Å². The van der Waals surface area contributed by atoms with Crippen LogP contribution >= 0.6 is 11.6 Å². The highest BCUT2D eigenvalue weighted by molar-refractivity contribution is 6.49. The van der Waals surface area contributed by atoms with Crippen LogP contribution in [-0.4, -0.2) is 5.91 Å². The fourth-order valence-corrected chi connectivity index (χ4v) is 2.17. The molecule has 3 nitrogen and oxygen atoms in total. The van der Waals surface area contributed by atoms with Gasteiger partial charge < -0.3 is 9.73 Å². The third-order valence-electron chi connectivity index (χ3n) is 2.80. The molecule has 1 aliphatic rings. The maximum atomic E-state index is 11.1. The van der Waals surface area contributed by atoms with E-state index in [2.05, 4.69) is 5.32 Å². The van der Waals surface area contributed by atoms with Gasteiger partial charge in [-0.1, -0.05) is 29.8 Å². The van der Waals surface area contributed by atoms with E-state index in [-0.39, 0.29) is 5.91 Å². The van der Waals surface area contributed by atoms with E-state index in [1.54, 1.807) is 0 Å². The van der Waals surface area contributed by atoms with Crippen molar-refractivity contribution in [3.05, 3.63) is 41.8 Å². The molecule has 4 heteroatoms. The molecule has 1 aromatic heterocycles. The summed E-state index contributed by atoms with van der Waals surface area (Å²) in [6, 6.07) is 9.59. The second-order valence-corrected chi connectivity index (χ2v) is 4.37. The predicted octanol–water partition coefficient (Wildman–Crippen LogP) is 3.25. The lowest BCUT2D eigenvalue weighted by Gasteiger charge is -1.99. The van der Waals surface area contributed by atoms with Crippen molar-refractivity contribution in [1.29, 1.82) is 0 Å². The van der Waals surface area contributed by atoms with Crippen LogP contribution in [0.4, 0.5) is 0 Å². The number of benzene rings is 1. The van der Waals surface area contributed by atoms with Crippen LogP contribution in [0.1, 0.15) is 18.6 Å². The number of rotatable bonds is 1. The van der Waals surface area contributed by atoms with Crippen LogP contribution in [0.25, 0.3) is 16.0 Å². The zero-order chi connectivity index (χ0) is 11.8. The molecule has 17 heavy (non-hydrogen) atoms. The third kappa shape index (κ3) is 1.83. The van der Waals surface area contributed by atoms with Crippen molar-refractivity contribution in [3.8, 4) is 0 Å². The zero-order valence-corrected chi connectivity index (χ0v) is 9.75. The molecule has 0 bridgehead atoms. The number of carbonyl (C=O) groups excluding carboxylic acids is 1. The van der Waals surface area contributed by atoms with E-state index in [0.717, 1.165) is 16.7 Å². The number of hydrogen-bond acceptors (Lipinski definition) is 2. The normalized spacial score (nSPS) is 18.5. The standard InChI is InChI=1S/C13H10ClNO2/c14-13(9-5-6-12(16)15-9)11-7-8-3-1-2-4-10(8)17-11/h1-4,7H,5-6H2,(H,15,16)/b13-9-. The molecule has 1 N–H and O–H groups in total. The first-order chi connectivity index (χ1) is 8.24. The van der Waals surface area contributed by atoms with Crippen LogP contribution in [0.3, 0.4) is 0 Å². The van der Waals surface area contributed by atoms with Crippen LogP contribution in [0, 0.1) is 0 Å². The van der Waals surface area contributed by atoms with E-state index in [0.29, 0.717) is 23.6 Å². The number of carbonyl (C=O) groups is 1. The van der Waals surface area contributed by atoms with E-state index in [4.69, 9.17) is 16.0 Å². The van der Waals surface area contributed by atoms with Crippen molar-refractivity contribution >= 4 is 33.5 Å². The Morgan fingerprint density at radius 1 is 1.29 bits per heavy atom. The monoisotopic (exact) mass is 247 g/mol. The first-order valence-electron chi connectivity index (χ1n) is 5.41. The summed E-state index contributed by atoms with van der Waals surface area (Å²) in [6.45, 7) is 0.